The van der Waals surface area contributed by atoms with Crippen molar-refractivity contribution >= 4 is 16.0 Å². The summed E-state index contributed by atoms with van der Waals surface area (Å²) >= 11 is 0. The van der Waals surface area contributed by atoms with Crippen LogP contribution in [0, 0.1) is 0 Å². The van der Waals surface area contributed by atoms with E-state index in [1.165, 1.54) is 0 Å². The van der Waals surface area contributed by atoms with Crippen LogP contribution in [0.2, 0.25) is 0 Å². The fourth-order valence-corrected chi connectivity index (χ4v) is 3.68. The van der Waals surface area contributed by atoms with E-state index in [9.17, 15) is 18.3 Å². The van der Waals surface area contributed by atoms with Gasteiger partial charge < -0.3 is 10.2 Å². The van der Waals surface area contributed by atoms with Crippen molar-refractivity contribution in [2.45, 2.75) is 90.1 Å². The summed E-state index contributed by atoms with van der Waals surface area (Å²) in [5.74, 6) is -0.681. The van der Waals surface area contributed by atoms with E-state index in [4.69, 9.17) is 5.11 Å². The van der Waals surface area contributed by atoms with Gasteiger partial charge >= 0.3 is 5.97 Å². The van der Waals surface area contributed by atoms with Gasteiger partial charge in [0.15, 0.2) is 0 Å². The number of aliphatic hydroxyl groups excluding tert-OH is 1. The second kappa shape index (κ2) is 14.7. The van der Waals surface area contributed by atoms with Gasteiger partial charge in [-0.1, -0.05) is 39.0 Å². The number of hydrogen-bond donors (Lipinski definition) is 3. The Labute approximate surface area is 147 Å². The number of sulfonamides is 1. The lowest BCUT2D eigenvalue weighted by Crippen LogP contribution is -2.27. The lowest BCUT2D eigenvalue weighted by atomic mass is 10.1. The Bertz CT molecular complexity index is 411. The summed E-state index contributed by atoms with van der Waals surface area (Å²) in [6.45, 7) is 2.54. The SMILES string of the molecule is CCCCCC(O)CCCCS(=O)(=O)NCCCCCCC(=O)O. The minimum Gasteiger partial charge on any atom is -0.481 e. The maximum absolute atomic E-state index is 11.8. The number of nitrogens with one attached hydrogen (secondary N) is 1. The minimum atomic E-state index is -3.23. The van der Waals surface area contributed by atoms with Gasteiger partial charge in [0.2, 0.25) is 10.0 Å². The first-order valence-corrected chi connectivity index (χ1v) is 10.9. The van der Waals surface area contributed by atoms with Gasteiger partial charge in [-0.2, -0.15) is 0 Å². The summed E-state index contributed by atoms with van der Waals surface area (Å²) in [5, 5.41) is 18.3. The summed E-state index contributed by atoms with van der Waals surface area (Å²) in [7, 11) is -3.23. The van der Waals surface area contributed by atoms with Crippen LogP contribution < -0.4 is 4.72 Å². The van der Waals surface area contributed by atoms with Crippen molar-refractivity contribution < 1.29 is 23.4 Å². The summed E-state index contributed by atoms with van der Waals surface area (Å²) in [5.41, 5.74) is 0. The van der Waals surface area contributed by atoms with Crippen LogP contribution >= 0.6 is 0 Å². The van der Waals surface area contributed by atoms with Crippen molar-refractivity contribution in [1.29, 1.82) is 0 Å². The van der Waals surface area contributed by atoms with Crippen LogP contribution in [0.5, 0.6) is 0 Å². The number of carbonyl (C=O) groups is 1. The van der Waals surface area contributed by atoms with Crippen LogP contribution in [-0.4, -0.2) is 43.0 Å². The third kappa shape index (κ3) is 16.2. The Kier molecular flexibility index (Phi) is 14.3. The molecule has 0 aromatic rings. The molecule has 3 N–H and O–H groups in total. The van der Waals surface area contributed by atoms with Crippen LogP contribution in [0.1, 0.15) is 84.0 Å². The van der Waals surface area contributed by atoms with Crippen LogP contribution in [-0.2, 0) is 14.8 Å². The first kappa shape index (κ1) is 23.3. The zero-order valence-corrected chi connectivity index (χ0v) is 15.8. The van der Waals surface area contributed by atoms with Crippen LogP contribution in [0.3, 0.4) is 0 Å². The normalized spacial score (nSPS) is 13.1. The number of hydrogen-bond acceptors (Lipinski definition) is 4. The largest absolute Gasteiger partial charge is 0.481 e. The van der Waals surface area contributed by atoms with E-state index < -0.39 is 16.0 Å². The van der Waals surface area contributed by atoms with Crippen molar-refractivity contribution in [3.05, 3.63) is 0 Å². The van der Waals surface area contributed by atoms with Gasteiger partial charge in [0.05, 0.1) is 11.9 Å². The highest BCUT2D eigenvalue weighted by Gasteiger charge is 2.10. The molecule has 0 aromatic heterocycles. The molecule has 6 nitrogen and oxygen atoms in total. The zero-order valence-electron chi connectivity index (χ0n) is 15.0. The average Bonchev–Trinajstić information content (AvgIpc) is 2.50. The molecule has 1 unspecified atom stereocenters. The Morgan fingerprint density at radius 1 is 0.958 bits per heavy atom. The maximum atomic E-state index is 11.8. The molecule has 0 aliphatic heterocycles. The van der Waals surface area contributed by atoms with Crippen molar-refractivity contribution in [2.75, 3.05) is 12.3 Å². The predicted octanol–water partition coefficient (Wildman–Crippen LogP) is 3.05. The van der Waals surface area contributed by atoms with E-state index in [1.807, 2.05) is 0 Å². The van der Waals surface area contributed by atoms with E-state index in [0.29, 0.717) is 25.8 Å². The van der Waals surface area contributed by atoms with E-state index >= 15 is 0 Å². The van der Waals surface area contributed by atoms with Crippen molar-refractivity contribution in [2.24, 2.45) is 0 Å². The summed E-state index contributed by atoms with van der Waals surface area (Å²) in [6, 6.07) is 0. The Hall–Kier alpha value is -0.660. The summed E-state index contributed by atoms with van der Waals surface area (Å²) < 4.78 is 26.2. The molecule has 144 valence electrons. The van der Waals surface area contributed by atoms with Gasteiger partial charge in [-0.15, -0.1) is 0 Å². The van der Waals surface area contributed by atoms with Crippen molar-refractivity contribution in [3.63, 3.8) is 0 Å². The molecule has 0 aliphatic rings. The van der Waals surface area contributed by atoms with E-state index in [1.54, 1.807) is 0 Å². The van der Waals surface area contributed by atoms with E-state index in [0.717, 1.165) is 51.4 Å². The molecule has 0 rings (SSSR count). The Morgan fingerprint density at radius 2 is 1.58 bits per heavy atom. The average molecular weight is 366 g/mol. The van der Waals surface area contributed by atoms with Gasteiger partial charge in [0, 0.05) is 13.0 Å². The fourth-order valence-electron chi connectivity index (χ4n) is 2.50. The smallest absolute Gasteiger partial charge is 0.303 e. The monoisotopic (exact) mass is 365 g/mol. The molecular formula is C17H35NO5S. The third-order valence-electron chi connectivity index (χ3n) is 3.98. The molecule has 0 fully saturated rings. The van der Waals surface area contributed by atoms with Crippen LogP contribution in [0.25, 0.3) is 0 Å². The molecule has 0 saturated carbocycles. The second-order valence-corrected chi connectivity index (χ2v) is 8.34. The molecular weight excluding hydrogens is 330 g/mol. The number of carboxylic acids is 1. The molecule has 0 aromatic carbocycles. The van der Waals surface area contributed by atoms with Gasteiger partial charge in [0.1, 0.15) is 0 Å². The maximum Gasteiger partial charge on any atom is 0.303 e. The predicted molar refractivity (Wildman–Crippen MR) is 96.5 cm³/mol. The number of carboxylic acid groups (broad SMARTS) is 1. The summed E-state index contributed by atoms with van der Waals surface area (Å²) in [4.78, 5) is 10.3. The van der Waals surface area contributed by atoms with Gasteiger partial charge in [-0.3, -0.25) is 4.79 Å². The molecule has 0 bridgehead atoms. The van der Waals surface area contributed by atoms with Crippen molar-refractivity contribution in [1.82, 2.24) is 4.72 Å². The summed E-state index contributed by atoms with van der Waals surface area (Å²) in [6.07, 6.45) is 8.95. The lowest BCUT2D eigenvalue weighted by Gasteiger charge is -2.10. The lowest BCUT2D eigenvalue weighted by molar-refractivity contribution is -0.137. The molecule has 0 amide bonds. The molecule has 0 radical (unpaired) electrons. The highest BCUT2D eigenvalue weighted by atomic mass is 32.2. The number of aliphatic hydroxyl groups is 1. The molecule has 1 atom stereocenters. The topological polar surface area (TPSA) is 104 Å². The number of aliphatic carboxylic acids is 1. The zero-order chi connectivity index (χ0) is 18.3. The molecule has 0 spiro atoms. The van der Waals surface area contributed by atoms with Crippen molar-refractivity contribution in [3.8, 4) is 0 Å². The highest BCUT2D eigenvalue weighted by molar-refractivity contribution is 7.89. The quantitative estimate of drug-likeness (QED) is 0.344. The standard InChI is InChI=1S/C17H35NO5S/c1-2-3-6-11-16(19)12-8-10-15-24(22,23)18-14-9-5-4-7-13-17(20)21/h16,18-19H,2-15H2,1H3,(H,20,21). The van der Waals surface area contributed by atoms with Gasteiger partial charge in [-0.05, 0) is 38.5 Å². The van der Waals surface area contributed by atoms with Crippen LogP contribution in [0.15, 0.2) is 0 Å². The molecule has 0 saturated heterocycles. The van der Waals surface area contributed by atoms with Crippen LogP contribution in [0.4, 0.5) is 0 Å². The van der Waals surface area contributed by atoms with Gasteiger partial charge in [-0.25, -0.2) is 13.1 Å². The molecule has 0 heterocycles. The number of rotatable bonds is 17. The number of unbranched alkanes of at least 4 members (excludes halogenated alkanes) is 6. The first-order valence-electron chi connectivity index (χ1n) is 9.24. The fraction of sp³-hybridized carbons (Fsp3) is 0.941. The molecule has 24 heavy (non-hydrogen) atoms. The Balaban J connectivity index is 3.56. The van der Waals surface area contributed by atoms with Gasteiger partial charge in [0.25, 0.3) is 0 Å². The van der Waals surface area contributed by atoms with E-state index in [2.05, 4.69) is 11.6 Å². The second-order valence-electron chi connectivity index (χ2n) is 6.42. The first-order chi connectivity index (χ1) is 11.4. The highest BCUT2D eigenvalue weighted by Crippen LogP contribution is 2.10. The third-order valence-corrected chi connectivity index (χ3v) is 5.45. The molecule has 0 aliphatic carbocycles. The minimum absolute atomic E-state index is 0.105. The Morgan fingerprint density at radius 3 is 2.21 bits per heavy atom. The van der Waals surface area contributed by atoms with E-state index in [-0.39, 0.29) is 18.3 Å². The molecule has 7 heteroatoms.